The lowest BCUT2D eigenvalue weighted by molar-refractivity contribution is -0.111. The predicted molar refractivity (Wildman–Crippen MR) is 51.5 cm³/mol. The van der Waals surface area contributed by atoms with Gasteiger partial charge in [-0.15, -0.1) is 0 Å². The zero-order valence-corrected chi connectivity index (χ0v) is 7.60. The van der Waals surface area contributed by atoms with Crippen molar-refractivity contribution in [3.63, 3.8) is 0 Å². The summed E-state index contributed by atoms with van der Waals surface area (Å²) in [5.74, 6) is 0.196. The molecule has 1 aromatic carbocycles. The van der Waals surface area contributed by atoms with Crippen LogP contribution in [0.2, 0.25) is 0 Å². The van der Waals surface area contributed by atoms with Gasteiger partial charge in [-0.05, 0) is 17.7 Å². The van der Waals surface area contributed by atoms with Gasteiger partial charge in [-0.3, -0.25) is 5.43 Å². The number of benzene rings is 1. The number of nitrogens with one attached hydrogen (secondary N) is 2. The highest BCUT2D eigenvalue weighted by molar-refractivity contribution is 5.57. The minimum absolute atomic E-state index is 0.00750. The molecule has 0 spiro atoms. The van der Waals surface area contributed by atoms with Gasteiger partial charge < -0.3 is 9.90 Å². The fourth-order valence-corrected chi connectivity index (χ4v) is 1.65. The van der Waals surface area contributed by atoms with E-state index in [0.717, 1.165) is 11.8 Å². The maximum atomic E-state index is 10.7. The minimum Gasteiger partial charge on any atom is -0.508 e. The zero-order valence-electron chi connectivity index (χ0n) is 7.60. The Labute approximate surface area is 81.9 Å². The molecule has 3 N–H and O–H groups in total. The van der Waals surface area contributed by atoms with Crippen LogP contribution in [0, 0.1) is 5.92 Å². The first-order valence-electron chi connectivity index (χ1n) is 4.54. The molecule has 2 unspecified atom stereocenters. The van der Waals surface area contributed by atoms with E-state index in [0.29, 0.717) is 6.54 Å². The number of carbonyl (C=O) groups excluding carboxylic acids is 1. The van der Waals surface area contributed by atoms with Crippen LogP contribution in [0.5, 0.6) is 5.75 Å². The molecule has 1 aromatic rings. The van der Waals surface area contributed by atoms with Crippen LogP contribution in [0.25, 0.3) is 0 Å². The molecule has 1 heterocycles. The molecule has 0 bridgehead atoms. The van der Waals surface area contributed by atoms with Crippen LogP contribution in [0.4, 0.5) is 0 Å². The summed E-state index contributed by atoms with van der Waals surface area (Å²) in [6.07, 6.45) is 0.949. The topological polar surface area (TPSA) is 61.4 Å². The molecule has 74 valence electrons. The highest BCUT2D eigenvalue weighted by atomic mass is 16.3. The quantitative estimate of drug-likeness (QED) is 0.592. The van der Waals surface area contributed by atoms with Crippen LogP contribution in [0.1, 0.15) is 11.6 Å². The second kappa shape index (κ2) is 3.77. The van der Waals surface area contributed by atoms with E-state index in [9.17, 15) is 4.79 Å². The molecular weight excluding hydrogens is 180 g/mol. The van der Waals surface area contributed by atoms with E-state index in [1.807, 2.05) is 12.1 Å². The average molecular weight is 192 g/mol. The van der Waals surface area contributed by atoms with Crippen molar-refractivity contribution in [1.29, 1.82) is 0 Å². The molecule has 4 nitrogen and oxygen atoms in total. The standard InChI is InChI=1S/C10H12N2O2/c13-6-8-5-11-12-10(8)7-1-3-9(14)4-2-7/h1-4,6,8,10-12,14H,5H2. The maximum Gasteiger partial charge on any atom is 0.126 e. The Morgan fingerprint density at radius 1 is 1.36 bits per heavy atom. The summed E-state index contributed by atoms with van der Waals surface area (Å²) in [4.78, 5) is 10.7. The summed E-state index contributed by atoms with van der Waals surface area (Å²) >= 11 is 0. The second-order valence-electron chi connectivity index (χ2n) is 3.39. The minimum atomic E-state index is -0.0421. The Morgan fingerprint density at radius 2 is 2.07 bits per heavy atom. The molecular formula is C10H12N2O2. The SMILES string of the molecule is O=CC1CNNC1c1ccc(O)cc1. The number of phenolic OH excluding ortho intramolecular Hbond substituents is 1. The van der Waals surface area contributed by atoms with Gasteiger partial charge in [0.15, 0.2) is 0 Å². The van der Waals surface area contributed by atoms with Crippen LogP contribution in [0.3, 0.4) is 0 Å². The zero-order chi connectivity index (χ0) is 9.97. The second-order valence-corrected chi connectivity index (χ2v) is 3.39. The molecule has 1 aliphatic heterocycles. The number of aldehydes is 1. The Morgan fingerprint density at radius 3 is 2.71 bits per heavy atom. The van der Waals surface area contributed by atoms with Crippen molar-refractivity contribution < 1.29 is 9.90 Å². The average Bonchev–Trinajstić information content (AvgIpc) is 2.67. The lowest BCUT2D eigenvalue weighted by atomic mass is 9.96. The molecule has 0 radical (unpaired) electrons. The highest BCUT2D eigenvalue weighted by Gasteiger charge is 2.27. The van der Waals surface area contributed by atoms with Gasteiger partial charge in [0.1, 0.15) is 12.0 Å². The summed E-state index contributed by atoms with van der Waals surface area (Å²) in [5.41, 5.74) is 6.98. The monoisotopic (exact) mass is 192 g/mol. The van der Waals surface area contributed by atoms with Crippen molar-refractivity contribution in [2.24, 2.45) is 5.92 Å². The summed E-state index contributed by atoms with van der Waals surface area (Å²) < 4.78 is 0. The highest BCUT2D eigenvalue weighted by Crippen LogP contribution is 2.24. The third kappa shape index (κ3) is 1.62. The van der Waals surface area contributed by atoms with E-state index < -0.39 is 0 Å². The van der Waals surface area contributed by atoms with Gasteiger partial charge in [-0.1, -0.05) is 12.1 Å². The molecule has 1 saturated heterocycles. The van der Waals surface area contributed by atoms with Crippen LogP contribution in [-0.4, -0.2) is 17.9 Å². The first kappa shape index (κ1) is 9.18. The largest absolute Gasteiger partial charge is 0.508 e. The van der Waals surface area contributed by atoms with Gasteiger partial charge in [-0.2, -0.15) is 0 Å². The third-order valence-electron chi connectivity index (χ3n) is 2.45. The van der Waals surface area contributed by atoms with Crippen molar-refractivity contribution in [2.45, 2.75) is 6.04 Å². The molecule has 0 aliphatic carbocycles. The molecule has 1 fully saturated rings. The fraction of sp³-hybridized carbons (Fsp3) is 0.300. The third-order valence-corrected chi connectivity index (χ3v) is 2.45. The molecule has 2 rings (SSSR count). The molecule has 0 amide bonds. The summed E-state index contributed by atoms with van der Waals surface area (Å²) in [5, 5.41) is 9.12. The van der Waals surface area contributed by atoms with Crippen LogP contribution >= 0.6 is 0 Å². The van der Waals surface area contributed by atoms with Crippen molar-refractivity contribution >= 4 is 6.29 Å². The Hall–Kier alpha value is -1.39. The fourth-order valence-electron chi connectivity index (χ4n) is 1.65. The van der Waals surface area contributed by atoms with Crippen molar-refractivity contribution in [1.82, 2.24) is 10.9 Å². The smallest absolute Gasteiger partial charge is 0.126 e. The van der Waals surface area contributed by atoms with E-state index in [2.05, 4.69) is 10.9 Å². The van der Waals surface area contributed by atoms with Gasteiger partial charge in [0.25, 0.3) is 0 Å². The van der Waals surface area contributed by atoms with E-state index in [1.54, 1.807) is 12.1 Å². The van der Waals surface area contributed by atoms with Gasteiger partial charge >= 0.3 is 0 Å². The Balaban J connectivity index is 2.21. The van der Waals surface area contributed by atoms with E-state index >= 15 is 0 Å². The first-order valence-corrected chi connectivity index (χ1v) is 4.54. The van der Waals surface area contributed by atoms with Crippen LogP contribution < -0.4 is 10.9 Å². The maximum absolute atomic E-state index is 10.7. The molecule has 14 heavy (non-hydrogen) atoms. The van der Waals surface area contributed by atoms with E-state index in [1.165, 1.54) is 0 Å². The number of phenols is 1. The summed E-state index contributed by atoms with van der Waals surface area (Å²) in [6.45, 7) is 0.648. The molecule has 4 heteroatoms. The molecule has 2 atom stereocenters. The number of aromatic hydroxyl groups is 1. The number of hydrazine groups is 1. The van der Waals surface area contributed by atoms with Gasteiger partial charge in [0.05, 0.1) is 6.04 Å². The lowest BCUT2D eigenvalue weighted by Crippen LogP contribution is -2.25. The van der Waals surface area contributed by atoms with Crippen molar-refractivity contribution in [2.75, 3.05) is 6.54 Å². The Bertz CT molecular complexity index is 323. The lowest BCUT2D eigenvalue weighted by Gasteiger charge is -2.13. The van der Waals surface area contributed by atoms with Gasteiger partial charge in [0.2, 0.25) is 0 Å². The summed E-state index contributed by atoms with van der Waals surface area (Å²) in [7, 11) is 0. The van der Waals surface area contributed by atoms with Crippen LogP contribution in [-0.2, 0) is 4.79 Å². The number of hydrogen-bond acceptors (Lipinski definition) is 4. The normalized spacial score (nSPS) is 26.3. The predicted octanol–water partition coefficient (Wildman–Crippen LogP) is 0.356. The molecule has 0 saturated carbocycles. The van der Waals surface area contributed by atoms with E-state index in [-0.39, 0.29) is 17.7 Å². The first-order chi connectivity index (χ1) is 6.81. The molecule has 1 aliphatic rings. The molecule has 0 aromatic heterocycles. The number of carbonyl (C=O) groups is 1. The van der Waals surface area contributed by atoms with Gasteiger partial charge in [-0.25, -0.2) is 5.43 Å². The summed E-state index contributed by atoms with van der Waals surface area (Å²) in [6, 6.07) is 6.88. The van der Waals surface area contributed by atoms with Crippen molar-refractivity contribution in [3.8, 4) is 5.75 Å². The van der Waals surface area contributed by atoms with E-state index in [4.69, 9.17) is 5.11 Å². The van der Waals surface area contributed by atoms with Crippen molar-refractivity contribution in [3.05, 3.63) is 29.8 Å². The Kier molecular flexibility index (Phi) is 2.47. The van der Waals surface area contributed by atoms with Gasteiger partial charge in [0, 0.05) is 12.5 Å². The number of rotatable bonds is 2. The van der Waals surface area contributed by atoms with Crippen LogP contribution in [0.15, 0.2) is 24.3 Å². The number of hydrogen-bond donors (Lipinski definition) is 3.